The lowest BCUT2D eigenvalue weighted by Crippen LogP contribution is -2.49. The molecule has 0 saturated carbocycles. The summed E-state index contributed by atoms with van der Waals surface area (Å²) in [5.74, 6) is 0. The zero-order valence-corrected chi connectivity index (χ0v) is 11.2. The van der Waals surface area contributed by atoms with Crippen LogP contribution in [0.25, 0.3) is 0 Å². The van der Waals surface area contributed by atoms with Gasteiger partial charge in [-0.15, -0.1) is 0 Å². The first-order valence-corrected chi connectivity index (χ1v) is 8.85. The van der Waals surface area contributed by atoms with Gasteiger partial charge in [-0.25, -0.2) is 8.78 Å². The molecular formula is C11H15ClF2OSi. The summed E-state index contributed by atoms with van der Waals surface area (Å²) in [4.78, 5) is 0. The van der Waals surface area contributed by atoms with Gasteiger partial charge in [0.1, 0.15) is 14.2 Å². The van der Waals surface area contributed by atoms with Gasteiger partial charge in [0.15, 0.2) is 0 Å². The Morgan fingerprint density at radius 3 is 2.00 bits per heavy atom. The summed E-state index contributed by atoms with van der Waals surface area (Å²) < 4.78 is 27.8. The molecule has 1 aromatic rings. The molecule has 0 aliphatic rings. The molecule has 0 bridgehead atoms. The first-order valence-electron chi connectivity index (χ1n) is 4.97. The van der Waals surface area contributed by atoms with E-state index >= 15 is 0 Å². The Morgan fingerprint density at radius 2 is 1.62 bits per heavy atom. The fraction of sp³-hybridized carbons (Fsp3) is 0.455. The van der Waals surface area contributed by atoms with Crippen molar-refractivity contribution in [2.24, 2.45) is 0 Å². The summed E-state index contributed by atoms with van der Waals surface area (Å²) in [6, 6.07) is 5.86. The molecular weight excluding hydrogens is 250 g/mol. The van der Waals surface area contributed by atoms with Crippen LogP contribution in [-0.2, 0) is 0 Å². The van der Waals surface area contributed by atoms with E-state index < -0.39 is 19.7 Å². The summed E-state index contributed by atoms with van der Waals surface area (Å²) in [7, 11) is -2.76. The van der Waals surface area contributed by atoms with Crippen molar-refractivity contribution in [3.8, 4) is 0 Å². The molecule has 0 heterocycles. The Bertz CT molecular complexity index is 359. The quantitative estimate of drug-likeness (QED) is 0.822. The van der Waals surface area contributed by atoms with Crippen molar-refractivity contribution in [3.63, 3.8) is 0 Å². The van der Waals surface area contributed by atoms with Gasteiger partial charge in [-0.3, -0.25) is 0 Å². The molecule has 1 unspecified atom stereocenters. The van der Waals surface area contributed by atoms with Gasteiger partial charge >= 0.3 is 0 Å². The molecule has 1 atom stereocenters. The lowest BCUT2D eigenvalue weighted by Gasteiger charge is -2.32. The van der Waals surface area contributed by atoms with E-state index in [4.69, 9.17) is 11.6 Å². The summed E-state index contributed by atoms with van der Waals surface area (Å²) in [6.07, 6.45) is -1.75. The molecule has 90 valence electrons. The third-order valence-corrected chi connectivity index (χ3v) is 5.05. The van der Waals surface area contributed by atoms with E-state index in [1.807, 2.05) is 0 Å². The molecule has 0 aromatic heterocycles. The number of aliphatic hydroxyl groups excluding tert-OH is 1. The maximum Gasteiger partial charge on any atom is 0.257 e. The van der Waals surface area contributed by atoms with Crippen molar-refractivity contribution < 1.29 is 13.9 Å². The Kier molecular flexibility index (Phi) is 3.77. The largest absolute Gasteiger partial charge is 0.383 e. The summed E-state index contributed by atoms with van der Waals surface area (Å²) in [5, 5.41) is 10.2. The molecule has 5 heteroatoms. The van der Waals surface area contributed by atoms with E-state index in [1.165, 1.54) is 43.9 Å². The van der Waals surface area contributed by atoms with Gasteiger partial charge in [-0.2, -0.15) is 0 Å². The Hall–Kier alpha value is -0.453. The Labute approximate surface area is 100 Å². The molecule has 0 fully saturated rings. The predicted octanol–water partition coefficient (Wildman–Crippen LogP) is 3.89. The highest BCUT2D eigenvalue weighted by atomic mass is 35.5. The summed E-state index contributed by atoms with van der Waals surface area (Å²) in [5.41, 5.74) is -2.85. The number of rotatable bonds is 3. The highest BCUT2D eigenvalue weighted by molar-refractivity contribution is 6.78. The average Bonchev–Trinajstić information content (AvgIpc) is 2.16. The topological polar surface area (TPSA) is 20.2 Å². The lowest BCUT2D eigenvalue weighted by atomic mass is 10.1. The van der Waals surface area contributed by atoms with E-state index in [0.717, 1.165) is 0 Å². The molecule has 16 heavy (non-hydrogen) atoms. The number of hydrogen-bond acceptors (Lipinski definition) is 1. The monoisotopic (exact) mass is 264 g/mol. The minimum Gasteiger partial charge on any atom is -0.383 e. The average molecular weight is 265 g/mol. The standard InChI is InChI=1S/C11H15ClF2OSi/c1-16(2,3)11(13,14)10(15)8-4-6-9(12)7-5-8/h4-7,10,15H,1-3H3. The van der Waals surface area contributed by atoms with Crippen molar-refractivity contribution in [3.05, 3.63) is 34.9 Å². The summed E-state index contributed by atoms with van der Waals surface area (Å²) >= 11 is 5.66. The van der Waals surface area contributed by atoms with E-state index in [-0.39, 0.29) is 5.56 Å². The van der Waals surface area contributed by atoms with Crippen molar-refractivity contribution in [2.45, 2.75) is 31.3 Å². The molecule has 0 amide bonds. The molecule has 1 nitrogen and oxygen atoms in total. The second-order valence-electron chi connectivity index (χ2n) is 4.83. The zero-order valence-electron chi connectivity index (χ0n) is 9.47. The third-order valence-electron chi connectivity index (χ3n) is 2.53. The van der Waals surface area contributed by atoms with Gasteiger partial charge in [-0.1, -0.05) is 43.4 Å². The molecule has 0 spiro atoms. The molecule has 0 saturated heterocycles. The number of aliphatic hydroxyl groups is 1. The minimum absolute atomic E-state index is 0.205. The van der Waals surface area contributed by atoms with Crippen LogP contribution in [0.3, 0.4) is 0 Å². The smallest absolute Gasteiger partial charge is 0.257 e. The van der Waals surface area contributed by atoms with Crippen LogP contribution < -0.4 is 0 Å². The van der Waals surface area contributed by atoms with Crippen LogP contribution in [0.15, 0.2) is 24.3 Å². The number of alkyl halides is 2. The van der Waals surface area contributed by atoms with Crippen LogP contribution >= 0.6 is 11.6 Å². The maximum atomic E-state index is 13.9. The highest BCUT2D eigenvalue weighted by Crippen LogP contribution is 2.39. The lowest BCUT2D eigenvalue weighted by molar-refractivity contribution is -0.0523. The van der Waals surface area contributed by atoms with Crippen molar-refractivity contribution in [2.75, 3.05) is 0 Å². The van der Waals surface area contributed by atoms with Crippen LogP contribution in [0.1, 0.15) is 11.7 Å². The Morgan fingerprint density at radius 1 is 1.19 bits per heavy atom. The SMILES string of the molecule is C[Si](C)(C)C(F)(F)C(O)c1ccc(Cl)cc1. The predicted molar refractivity (Wildman–Crippen MR) is 64.7 cm³/mol. The Balaban J connectivity index is 3.02. The van der Waals surface area contributed by atoms with Gasteiger partial charge in [-0.05, 0) is 17.7 Å². The summed E-state index contributed by atoms with van der Waals surface area (Å²) in [6.45, 7) is 4.60. The molecule has 1 aromatic carbocycles. The third kappa shape index (κ3) is 2.62. The van der Waals surface area contributed by atoms with Gasteiger partial charge in [0, 0.05) is 5.02 Å². The maximum absolute atomic E-state index is 13.9. The normalized spacial score (nSPS) is 14.9. The fourth-order valence-electron chi connectivity index (χ4n) is 1.26. The highest BCUT2D eigenvalue weighted by Gasteiger charge is 2.51. The van der Waals surface area contributed by atoms with Gasteiger partial charge in [0.2, 0.25) is 0 Å². The van der Waals surface area contributed by atoms with Crippen LogP contribution in [0.2, 0.25) is 24.7 Å². The first kappa shape index (κ1) is 13.6. The fourth-order valence-corrected chi connectivity index (χ4v) is 2.38. The van der Waals surface area contributed by atoms with Gasteiger partial charge in [0.25, 0.3) is 5.55 Å². The van der Waals surface area contributed by atoms with Crippen molar-refractivity contribution in [1.29, 1.82) is 0 Å². The first-order chi connectivity index (χ1) is 7.16. The van der Waals surface area contributed by atoms with E-state index in [2.05, 4.69) is 0 Å². The molecule has 0 aliphatic heterocycles. The van der Waals surface area contributed by atoms with E-state index in [0.29, 0.717) is 5.02 Å². The van der Waals surface area contributed by atoms with E-state index in [9.17, 15) is 13.9 Å². The van der Waals surface area contributed by atoms with Crippen LogP contribution in [0.4, 0.5) is 8.78 Å². The van der Waals surface area contributed by atoms with E-state index in [1.54, 1.807) is 0 Å². The number of hydrogen-bond donors (Lipinski definition) is 1. The molecule has 1 rings (SSSR count). The number of benzene rings is 1. The molecule has 0 radical (unpaired) electrons. The van der Waals surface area contributed by atoms with Crippen LogP contribution in [0.5, 0.6) is 0 Å². The molecule has 1 N–H and O–H groups in total. The zero-order chi connectivity index (χ0) is 12.6. The minimum atomic E-state index is -3.05. The van der Waals surface area contributed by atoms with Crippen LogP contribution in [-0.4, -0.2) is 18.7 Å². The van der Waals surface area contributed by atoms with Gasteiger partial charge in [0.05, 0.1) is 0 Å². The second kappa shape index (κ2) is 4.43. The van der Waals surface area contributed by atoms with Gasteiger partial charge < -0.3 is 5.11 Å². The number of halogens is 3. The van der Waals surface area contributed by atoms with Crippen molar-refractivity contribution >= 4 is 19.7 Å². The second-order valence-corrected chi connectivity index (χ2v) is 10.4. The molecule has 0 aliphatic carbocycles. The van der Waals surface area contributed by atoms with Crippen LogP contribution in [0, 0.1) is 0 Å². The van der Waals surface area contributed by atoms with Crippen molar-refractivity contribution in [1.82, 2.24) is 0 Å².